The number of benzene rings is 2. The smallest absolute Gasteiger partial charge is 0.224 e. The van der Waals surface area contributed by atoms with Gasteiger partial charge in [-0.1, -0.05) is 23.7 Å². The van der Waals surface area contributed by atoms with Gasteiger partial charge >= 0.3 is 0 Å². The largest absolute Gasteiger partial charge is 0.494 e. The molecular formula is C18H20ClNO2. The van der Waals surface area contributed by atoms with Crippen molar-refractivity contribution in [3.8, 4) is 5.75 Å². The molecule has 0 aliphatic heterocycles. The number of amides is 1. The van der Waals surface area contributed by atoms with Gasteiger partial charge in [0.25, 0.3) is 0 Å². The summed E-state index contributed by atoms with van der Waals surface area (Å²) in [5.41, 5.74) is 2.92. The first kappa shape index (κ1) is 16.4. The van der Waals surface area contributed by atoms with Crippen LogP contribution < -0.4 is 10.1 Å². The molecule has 0 aliphatic carbocycles. The van der Waals surface area contributed by atoms with Crippen molar-refractivity contribution < 1.29 is 9.53 Å². The second kappa shape index (κ2) is 7.85. The molecule has 3 nitrogen and oxygen atoms in total. The molecule has 0 aliphatic rings. The molecular weight excluding hydrogens is 298 g/mol. The topological polar surface area (TPSA) is 38.3 Å². The van der Waals surface area contributed by atoms with Crippen LogP contribution in [0.5, 0.6) is 5.75 Å². The van der Waals surface area contributed by atoms with Crippen LogP contribution in [0.2, 0.25) is 5.02 Å². The van der Waals surface area contributed by atoms with E-state index in [2.05, 4.69) is 5.32 Å². The zero-order chi connectivity index (χ0) is 15.9. The molecule has 0 unspecified atom stereocenters. The maximum Gasteiger partial charge on any atom is 0.224 e. The van der Waals surface area contributed by atoms with Crippen LogP contribution in [0.15, 0.2) is 42.5 Å². The monoisotopic (exact) mass is 317 g/mol. The SMILES string of the molecule is Cc1cccc(OCCCC(=O)Nc2ccc(Cl)cc2C)c1. The Balaban J connectivity index is 1.74. The normalized spacial score (nSPS) is 10.3. The summed E-state index contributed by atoms with van der Waals surface area (Å²) in [5, 5.41) is 3.56. The molecule has 0 spiro atoms. The molecule has 2 rings (SSSR count). The Labute approximate surface area is 136 Å². The molecule has 2 aromatic carbocycles. The molecule has 0 saturated heterocycles. The summed E-state index contributed by atoms with van der Waals surface area (Å²) < 4.78 is 5.63. The van der Waals surface area contributed by atoms with E-state index in [0.29, 0.717) is 24.5 Å². The van der Waals surface area contributed by atoms with Crippen LogP contribution in [0, 0.1) is 13.8 Å². The summed E-state index contributed by atoms with van der Waals surface area (Å²) in [7, 11) is 0. The maximum atomic E-state index is 11.9. The van der Waals surface area contributed by atoms with Gasteiger partial charge in [0.15, 0.2) is 0 Å². The van der Waals surface area contributed by atoms with Crippen LogP contribution in [0.1, 0.15) is 24.0 Å². The molecule has 0 fully saturated rings. The van der Waals surface area contributed by atoms with Gasteiger partial charge in [0, 0.05) is 17.1 Å². The lowest BCUT2D eigenvalue weighted by molar-refractivity contribution is -0.116. The van der Waals surface area contributed by atoms with E-state index in [1.165, 1.54) is 0 Å². The Bertz CT molecular complexity index is 655. The number of hydrogen-bond donors (Lipinski definition) is 1. The molecule has 0 radical (unpaired) electrons. The predicted octanol–water partition coefficient (Wildman–Crippen LogP) is 4.75. The van der Waals surface area contributed by atoms with E-state index in [-0.39, 0.29) is 5.91 Å². The lowest BCUT2D eigenvalue weighted by Gasteiger charge is -2.09. The number of aryl methyl sites for hydroxylation is 2. The number of hydrogen-bond acceptors (Lipinski definition) is 2. The van der Waals surface area contributed by atoms with Crippen molar-refractivity contribution in [3.05, 3.63) is 58.6 Å². The van der Waals surface area contributed by atoms with Crippen LogP contribution in [-0.2, 0) is 4.79 Å². The number of rotatable bonds is 6. The quantitative estimate of drug-likeness (QED) is 0.780. The molecule has 116 valence electrons. The van der Waals surface area contributed by atoms with Crippen LogP contribution in [-0.4, -0.2) is 12.5 Å². The highest BCUT2D eigenvalue weighted by molar-refractivity contribution is 6.30. The van der Waals surface area contributed by atoms with Crippen LogP contribution in [0.25, 0.3) is 0 Å². The summed E-state index contributed by atoms with van der Waals surface area (Å²) in [6, 6.07) is 13.3. The molecule has 4 heteroatoms. The summed E-state index contributed by atoms with van der Waals surface area (Å²) in [6.45, 7) is 4.47. The minimum absolute atomic E-state index is 0.0155. The highest BCUT2D eigenvalue weighted by Gasteiger charge is 2.05. The summed E-state index contributed by atoms with van der Waals surface area (Å²) in [5.74, 6) is 0.826. The van der Waals surface area contributed by atoms with Gasteiger partial charge in [0.2, 0.25) is 5.91 Å². The highest BCUT2D eigenvalue weighted by Crippen LogP contribution is 2.20. The first-order valence-corrected chi connectivity index (χ1v) is 7.68. The fraction of sp³-hybridized carbons (Fsp3) is 0.278. The molecule has 1 N–H and O–H groups in total. The summed E-state index contributed by atoms with van der Waals surface area (Å²) >= 11 is 5.90. The number of halogens is 1. The van der Waals surface area contributed by atoms with Crippen molar-refractivity contribution >= 4 is 23.2 Å². The Morgan fingerprint density at radius 1 is 1.18 bits per heavy atom. The molecule has 2 aromatic rings. The van der Waals surface area contributed by atoms with Gasteiger partial charge in [-0.2, -0.15) is 0 Å². The van der Waals surface area contributed by atoms with E-state index in [1.807, 2.05) is 50.2 Å². The van der Waals surface area contributed by atoms with Crippen molar-refractivity contribution in [2.75, 3.05) is 11.9 Å². The third-order valence-corrected chi connectivity index (χ3v) is 3.50. The van der Waals surface area contributed by atoms with Crippen molar-refractivity contribution in [2.45, 2.75) is 26.7 Å². The van der Waals surface area contributed by atoms with E-state index in [0.717, 1.165) is 22.6 Å². The third kappa shape index (κ3) is 5.08. The molecule has 0 saturated carbocycles. The van der Waals surface area contributed by atoms with Crippen molar-refractivity contribution in [1.82, 2.24) is 0 Å². The summed E-state index contributed by atoms with van der Waals surface area (Å²) in [4.78, 5) is 11.9. The Kier molecular flexibility index (Phi) is 5.84. The number of carbonyl (C=O) groups is 1. The molecule has 0 bridgehead atoms. The first-order chi connectivity index (χ1) is 10.5. The Hall–Kier alpha value is -2.00. The van der Waals surface area contributed by atoms with Crippen molar-refractivity contribution in [3.63, 3.8) is 0 Å². The second-order valence-corrected chi connectivity index (χ2v) is 5.71. The average Bonchev–Trinajstić information content (AvgIpc) is 2.47. The lowest BCUT2D eigenvalue weighted by atomic mass is 10.2. The first-order valence-electron chi connectivity index (χ1n) is 7.30. The van der Waals surface area contributed by atoms with Gasteiger partial charge in [-0.05, 0) is 61.7 Å². The second-order valence-electron chi connectivity index (χ2n) is 5.28. The average molecular weight is 318 g/mol. The van der Waals surface area contributed by atoms with Crippen LogP contribution in [0.4, 0.5) is 5.69 Å². The fourth-order valence-electron chi connectivity index (χ4n) is 2.11. The van der Waals surface area contributed by atoms with Crippen LogP contribution >= 0.6 is 11.6 Å². The zero-order valence-corrected chi connectivity index (χ0v) is 13.6. The van der Waals surface area contributed by atoms with Crippen molar-refractivity contribution in [2.24, 2.45) is 0 Å². The van der Waals surface area contributed by atoms with E-state index in [9.17, 15) is 4.79 Å². The molecule has 0 heterocycles. The van der Waals surface area contributed by atoms with E-state index in [1.54, 1.807) is 6.07 Å². The van der Waals surface area contributed by atoms with Crippen molar-refractivity contribution in [1.29, 1.82) is 0 Å². The molecule has 0 atom stereocenters. The molecule has 0 aromatic heterocycles. The molecule has 1 amide bonds. The minimum atomic E-state index is -0.0155. The third-order valence-electron chi connectivity index (χ3n) is 3.27. The van der Waals surface area contributed by atoms with Gasteiger partial charge in [-0.3, -0.25) is 4.79 Å². The zero-order valence-electron chi connectivity index (χ0n) is 12.9. The minimum Gasteiger partial charge on any atom is -0.494 e. The standard InChI is InChI=1S/C18H20ClNO2/c1-13-5-3-6-16(11-13)22-10-4-7-18(21)20-17-9-8-15(19)12-14(17)2/h3,5-6,8-9,11-12H,4,7,10H2,1-2H3,(H,20,21). The maximum absolute atomic E-state index is 11.9. The van der Waals surface area contributed by atoms with Crippen LogP contribution in [0.3, 0.4) is 0 Å². The summed E-state index contributed by atoms with van der Waals surface area (Å²) in [6.07, 6.45) is 1.10. The van der Waals surface area contributed by atoms with E-state index >= 15 is 0 Å². The van der Waals surface area contributed by atoms with Gasteiger partial charge in [-0.25, -0.2) is 0 Å². The van der Waals surface area contributed by atoms with Gasteiger partial charge in [-0.15, -0.1) is 0 Å². The Morgan fingerprint density at radius 3 is 2.73 bits per heavy atom. The highest BCUT2D eigenvalue weighted by atomic mass is 35.5. The van der Waals surface area contributed by atoms with Gasteiger partial charge in [0.05, 0.1) is 6.61 Å². The van der Waals surface area contributed by atoms with Gasteiger partial charge in [0.1, 0.15) is 5.75 Å². The predicted molar refractivity (Wildman–Crippen MR) is 90.7 cm³/mol. The Morgan fingerprint density at radius 2 is 2.00 bits per heavy atom. The fourth-order valence-corrected chi connectivity index (χ4v) is 2.33. The van der Waals surface area contributed by atoms with E-state index < -0.39 is 0 Å². The lowest BCUT2D eigenvalue weighted by Crippen LogP contribution is -2.13. The van der Waals surface area contributed by atoms with E-state index in [4.69, 9.17) is 16.3 Å². The number of nitrogens with one attached hydrogen (secondary N) is 1. The number of anilines is 1. The van der Waals surface area contributed by atoms with Gasteiger partial charge < -0.3 is 10.1 Å². The number of carbonyl (C=O) groups excluding carboxylic acids is 1. The molecule has 22 heavy (non-hydrogen) atoms. The number of ether oxygens (including phenoxy) is 1.